The van der Waals surface area contributed by atoms with Gasteiger partial charge in [0.05, 0.1) is 6.61 Å². The standard InChI is InChI=1S/C24H28N2O6/c1-26(13-7-12-22(27)28)23(29)21(15-31-2)25-24(30)32-14-20-18-10-5-3-8-16(18)17-9-4-6-11-19(17)20/h3-6,8-11,20-21H,7,12-15H2,1-2H3,(H,25,30)(H,27,28)/t21-/m0/s1. The molecule has 2 aromatic rings. The molecule has 1 aliphatic rings. The molecule has 0 unspecified atom stereocenters. The number of hydrogen-bond acceptors (Lipinski definition) is 5. The number of likely N-dealkylation sites (N-methyl/N-ethyl adjacent to an activating group) is 1. The predicted octanol–water partition coefficient (Wildman–Crippen LogP) is 2.86. The largest absolute Gasteiger partial charge is 0.481 e. The number of carbonyl (C=O) groups is 3. The summed E-state index contributed by atoms with van der Waals surface area (Å²) in [5, 5.41) is 11.3. The highest BCUT2D eigenvalue weighted by molar-refractivity contribution is 5.86. The van der Waals surface area contributed by atoms with E-state index in [4.69, 9.17) is 14.6 Å². The monoisotopic (exact) mass is 440 g/mol. The van der Waals surface area contributed by atoms with Crippen molar-refractivity contribution in [2.24, 2.45) is 0 Å². The molecule has 1 atom stereocenters. The summed E-state index contributed by atoms with van der Waals surface area (Å²) in [7, 11) is 3.00. The SMILES string of the molecule is COC[C@H](NC(=O)OCC1c2ccccc2-c2ccccc21)C(=O)N(C)CCCC(=O)O. The molecule has 0 aliphatic heterocycles. The van der Waals surface area contributed by atoms with Crippen LogP contribution in [0.15, 0.2) is 48.5 Å². The Morgan fingerprint density at radius 3 is 2.22 bits per heavy atom. The minimum atomic E-state index is -0.925. The number of fused-ring (bicyclic) bond motifs is 3. The molecule has 0 fully saturated rings. The molecule has 32 heavy (non-hydrogen) atoms. The number of methoxy groups -OCH3 is 1. The smallest absolute Gasteiger partial charge is 0.407 e. The maximum absolute atomic E-state index is 12.7. The molecule has 0 bridgehead atoms. The van der Waals surface area contributed by atoms with E-state index in [1.54, 1.807) is 7.05 Å². The molecule has 0 spiro atoms. The van der Waals surface area contributed by atoms with Crippen LogP contribution in [0.3, 0.4) is 0 Å². The Morgan fingerprint density at radius 2 is 1.66 bits per heavy atom. The number of carboxylic acid groups (broad SMARTS) is 1. The lowest BCUT2D eigenvalue weighted by molar-refractivity contribution is -0.138. The quantitative estimate of drug-likeness (QED) is 0.589. The third kappa shape index (κ3) is 5.45. The van der Waals surface area contributed by atoms with Crippen LogP contribution in [0.25, 0.3) is 11.1 Å². The minimum absolute atomic E-state index is 0.0215. The molecule has 0 heterocycles. The Kier molecular flexibility index (Phi) is 7.83. The highest BCUT2D eigenvalue weighted by Gasteiger charge is 2.30. The van der Waals surface area contributed by atoms with E-state index in [2.05, 4.69) is 17.4 Å². The molecule has 0 saturated heterocycles. The number of alkyl carbamates (subject to hydrolysis) is 1. The average Bonchev–Trinajstić information content (AvgIpc) is 3.10. The van der Waals surface area contributed by atoms with Crippen LogP contribution in [-0.4, -0.2) is 67.9 Å². The van der Waals surface area contributed by atoms with E-state index in [0.717, 1.165) is 22.3 Å². The van der Waals surface area contributed by atoms with Crippen molar-refractivity contribution in [1.29, 1.82) is 0 Å². The zero-order valence-corrected chi connectivity index (χ0v) is 18.2. The molecule has 8 nitrogen and oxygen atoms in total. The maximum atomic E-state index is 12.7. The van der Waals surface area contributed by atoms with Gasteiger partial charge in [-0.2, -0.15) is 0 Å². The van der Waals surface area contributed by atoms with Crippen LogP contribution in [0, 0.1) is 0 Å². The normalized spacial score (nSPS) is 13.1. The Morgan fingerprint density at radius 1 is 1.06 bits per heavy atom. The van der Waals surface area contributed by atoms with Crippen LogP contribution < -0.4 is 5.32 Å². The van der Waals surface area contributed by atoms with Gasteiger partial charge < -0.3 is 24.8 Å². The number of carboxylic acids is 1. The van der Waals surface area contributed by atoms with E-state index in [-0.39, 0.29) is 38.0 Å². The number of rotatable bonds is 10. The second-order valence-electron chi connectivity index (χ2n) is 7.73. The third-order valence-corrected chi connectivity index (χ3v) is 5.53. The molecular weight excluding hydrogens is 412 g/mol. The lowest BCUT2D eigenvalue weighted by Gasteiger charge is -2.24. The molecule has 2 N–H and O–H groups in total. The van der Waals surface area contributed by atoms with Crippen LogP contribution in [0.5, 0.6) is 0 Å². The summed E-state index contributed by atoms with van der Waals surface area (Å²) < 4.78 is 10.6. The van der Waals surface area contributed by atoms with E-state index in [0.29, 0.717) is 6.42 Å². The van der Waals surface area contributed by atoms with Crippen LogP contribution in [-0.2, 0) is 19.1 Å². The van der Waals surface area contributed by atoms with Gasteiger partial charge in [0, 0.05) is 33.0 Å². The first-order chi connectivity index (χ1) is 15.4. The molecular formula is C24H28N2O6. The molecule has 2 aromatic carbocycles. The van der Waals surface area contributed by atoms with Gasteiger partial charge in [0.15, 0.2) is 0 Å². The number of ether oxygens (including phenoxy) is 2. The third-order valence-electron chi connectivity index (χ3n) is 5.53. The number of benzene rings is 2. The number of hydrogen-bond donors (Lipinski definition) is 2. The molecule has 0 saturated carbocycles. The van der Waals surface area contributed by atoms with Crippen molar-refractivity contribution in [1.82, 2.24) is 10.2 Å². The van der Waals surface area contributed by atoms with Gasteiger partial charge in [0.2, 0.25) is 5.91 Å². The molecule has 2 amide bonds. The molecule has 170 valence electrons. The van der Waals surface area contributed by atoms with Gasteiger partial charge in [-0.3, -0.25) is 9.59 Å². The lowest BCUT2D eigenvalue weighted by atomic mass is 9.98. The Hall–Kier alpha value is -3.39. The van der Waals surface area contributed by atoms with Gasteiger partial charge in [0.25, 0.3) is 0 Å². The van der Waals surface area contributed by atoms with Crippen LogP contribution in [0.1, 0.15) is 29.9 Å². The Labute approximate surface area is 187 Å². The first-order valence-electron chi connectivity index (χ1n) is 10.5. The zero-order valence-electron chi connectivity index (χ0n) is 18.2. The second-order valence-corrected chi connectivity index (χ2v) is 7.73. The van der Waals surface area contributed by atoms with Gasteiger partial charge in [0.1, 0.15) is 12.6 Å². The number of nitrogens with one attached hydrogen (secondary N) is 1. The summed E-state index contributed by atoms with van der Waals surface area (Å²) in [6.45, 7) is 0.381. The molecule has 3 rings (SSSR count). The van der Waals surface area contributed by atoms with E-state index in [9.17, 15) is 14.4 Å². The molecule has 1 aliphatic carbocycles. The zero-order chi connectivity index (χ0) is 23.1. The minimum Gasteiger partial charge on any atom is -0.481 e. The average molecular weight is 440 g/mol. The molecule has 0 aromatic heterocycles. The van der Waals surface area contributed by atoms with Crippen molar-refractivity contribution in [2.45, 2.75) is 24.8 Å². The number of amides is 2. The van der Waals surface area contributed by atoms with Gasteiger partial charge in [-0.05, 0) is 28.7 Å². The van der Waals surface area contributed by atoms with E-state index in [1.807, 2.05) is 36.4 Å². The predicted molar refractivity (Wildman–Crippen MR) is 118 cm³/mol. The van der Waals surface area contributed by atoms with Crippen molar-refractivity contribution >= 4 is 18.0 Å². The lowest BCUT2D eigenvalue weighted by Crippen LogP contribution is -2.50. The van der Waals surface area contributed by atoms with E-state index in [1.165, 1.54) is 12.0 Å². The van der Waals surface area contributed by atoms with Gasteiger partial charge in [-0.25, -0.2) is 4.79 Å². The number of aliphatic carboxylic acids is 1. The first kappa shape index (κ1) is 23.3. The number of nitrogens with zero attached hydrogens (tertiary/aromatic N) is 1. The van der Waals surface area contributed by atoms with E-state index >= 15 is 0 Å². The summed E-state index contributed by atoms with van der Waals surface area (Å²) in [5.41, 5.74) is 4.47. The van der Waals surface area contributed by atoms with Crippen LogP contribution in [0.2, 0.25) is 0 Å². The Balaban J connectivity index is 1.60. The van der Waals surface area contributed by atoms with Crippen molar-refractivity contribution in [3.05, 3.63) is 59.7 Å². The van der Waals surface area contributed by atoms with Crippen molar-refractivity contribution in [2.75, 3.05) is 33.9 Å². The molecule has 8 heteroatoms. The second kappa shape index (κ2) is 10.8. The summed E-state index contributed by atoms with van der Waals surface area (Å²) in [6.07, 6.45) is -0.421. The van der Waals surface area contributed by atoms with E-state index < -0.39 is 18.1 Å². The fourth-order valence-electron chi connectivity index (χ4n) is 3.97. The first-order valence-corrected chi connectivity index (χ1v) is 10.5. The van der Waals surface area contributed by atoms with Gasteiger partial charge in [-0.1, -0.05) is 48.5 Å². The Bertz CT molecular complexity index is 931. The summed E-state index contributed by atoms with van der Waals surface area (Å²) in [4.78, 5) is 37.2. The molecule has 0 radical (unpaired) electrons. The highest BCUT2D eigenvalue weighted by atomic mass is 16.5. The van der Waals surface area contributed by atoms with Crippen molar-refractivity contribution < 1.29 is 29.0 Å². The van der Waals surface area contributed by atoms with Crippen molar-refractivity contribution in [3.8, 4) is 11.1 Å². The van der Waals surface area contributed by atoms with Crippen molar-refractivity contribution in [3.63, 3.8) is 0 Å². The topological polar surface area (TPSA) is 105 Å². The van der Waals surface area contributed by atoms with Gasteiger partial charge >= 0.3 is 12.1 Å². The summed E-state index contributed by atoms with van der Waals surface area (Å²) in [6, 6.07) is 15.2. The van der Waals surface area contributed by atoms with Gasteiger partial charge in [-0.15, -0.1) is 0 Å². The summed E-state index contributed by atoms with van der Waals surface area (Å²) in [5.74, 6) is -1.37. The van der Waals surface area contributed by atoms with Crippen LogP contribution >= 0.6 is 0 Å². The fraction of sp³-hybridized carbons (Fsp3) is 0.375. The maximum Gasteiger partial charge on any atom is 0.407 e. The fourth-order valence-corrected chi connectivity index (χ4v) is 3.97. The highest BCUT2D eigenvalue weighted by Crippen LogP contribution is 2.44. The van der Waals surface area contributed by atoms with Crippen LogP contribution in [0.4, 0.5) is 4.79 Å². The number of carbonyl (C=O) groups excluding carboxylic acids is 2. The summed E-state index contributed by atoms with van der Waals surface area (Å²) >= 11 is 0.